The molecule has 6 heteroatoms. The lowest BCUT2D eigenvalue weighted by atomic mass is 10.2. The first-order chi connectivity index (χ1) is 6.02. The summed E-state index contributed by atoms with van der Waals surface area (Å²) in [5.41, 5.74) is -0.657. The minimum atomic E-state index is -4.24. The molecule has 0 heterocycles. The third-order valence-electron chi connectivity index (χ3n) is 1.03. The first kappa shape index (κ1) is 13.7. The van der Waals surface area contributed by atoms with Gasteiger partial charge in [-0.1, -0.05) is 12.1 Å². The van der Waals surface area contributed by atoms with Gasteiger partial charge in [0.1, 0.15) is 0 Å². The Bertz CT molecular complexity index is 225. The van der Waals surface area contributed by atoms with Gasteiger partial charge in [-0.15, -0.1) is 0 Å². The van der Waals surface area contributed by atoms with E-state index in [2.05, 4.69) is 31.8 Å². The Balaban J connectivity index is 0.000000424. The predicted molar refractivity (Wildman–Crippen MR) is 53.9 cm³/mol. The van der Waals surface area contributed by atoms with Gasteiger partial charge in [-0.3, -0.25) is 25.8 Å². The van der Waals surface area contributed by atoms with Gasteiger partial charge < -0.3 is 0 Å². The summed E-state index contributed by atoms with van der Waals surface area (Å²) < 4.78 is 35.3. The van der Waals surface area contributed by atoms with Gasteiger partial charge in [0.25, 0.3) is 0 Å². The van der Waals surface area contributed by atoms with E-state index >= 15 is 0 Å². The molecule has 1 rings (SSSR count). The molecule has 0 saturated heterocycles. The third-order valence-corrected chi connectivity index (χ3v) is 1.03. The molecule has 0 spiro atoms. The fourth-order valence-corrected chi connectivity index (χ4v) is 0.570. The topological polar surface area (TPSA) is 0 Å². The molecule has 0 aliphatic heterocycles. The van der Waals surface area contributed by atoms with Crippen LogP contribution in [-0.2, 0) is 6.18 Å². The smallest absolute Gasteiger partial charge is 0.280 e. The standard InChI is InChI=1S/C7H4F3.2BrH.Mg/c8-7(9,10)6-4-2-1-3-5-6;;;/h1-2,4-5H;2*1H;/q;;;+2/p-2. The lowest BCUT2D eigenvalue weighted by molar-refractivity contribution is -0.137. The Kier molecular flexibility index (Phi) is 7.49. The van der Waals surface area contributed by atoms with Gasteiger partial charge in [-0.2, -0.15) is 13.2 Å². The van der Waals surface area contributed by atoms with E-state index in [9.17, 15) is 13.2 Å². The molecule has 0 saturated carbocycles. The van der Waals surface area contributed by atoms with Crippen molar-refractivity contribution >= 4 is 41.8 Å². The van der Waals surface area contributed by atoms with Crippen molar-refractivity contribution in [2.24, 2.45) is 0 Å². The fraction of sp³-hybridized carbons (Fsp3) is 0.143. The Morgan fingerprint density at radius 1 is 1.31 bits per heavy atom. The zero-order valence-electron chi connectivity index (χ0n) is 6.41. The number of hydrogen-bond acceptors (Lipinski definition) is 0. The molecule has 0 aliphatic carbocycles. The number of rotatable bonds is 0. The van der Waals surface area contributed by atoms with Crippen molar-refractivity contribution in [1.29, 1.82) is 0 Å². The van der Waals surface area contributed by atoms with Crippen LogP contribution in [0.2, 0.25) is 0 Å². The number of alkyl halides is 3. The Morgan fingerprint density at radius 2 is 1.85 bits per heavy atom. The van der Waals surface area contributed by atoms with Gasteiger partial charge in [-0.25, -0.2) is 0 Å². The zero-order valence-corrected chi connectivity index (χ0v) is 11.0. The average Bonchev–Trinajstić information content (AvgIpc) is 2.06. The molecule has 0 unspecified atom stereocenters. The van der Waals surface area contributed by atoms with Crippen molar-refractivity contribution in [2.75, 3.05) is 0 Å². The molecule has 0 nitrogen and oxygen atoms in total. The van der Waals surface area contributed by atoms with Crippen LogP contribution in [0.15, 0.2) is 24.3 Å². The number of benzene rings is 1. The SMILES string of the molecule is FC(F)(F)c1c[c]ccc1.[Br][Mg][Br]. The van der Waals surface area contributed by atoms with Crippen LogP contribution in [-0.4, -0.2) is 16.0 Å². The molecule has 0 N–H and O–H groups in total. The van der Waals surface area contributed by atoms with E-state index in [0.717, 1.165) is 12.1 Å². The molecule has 69 valence electrons. The van der Waals surface area contributed by atoms with Crippen molar-refractivity contribution < 1.29 is 13.2 Å². The molecular formula is C7H4Br2F3Mg. The molecule has 0 amide bonds. The van der Waals surface area contributed by atoms with E-state index in [4.69, 9.17) is 0 Å². The van der Waals surface area contributed by atoms with E-state index in [1.807, 2.05) is 0 Å². The molecule has 0 fully saturated rings. The van der Waals surface area contributed by atoms with Crippen molar-refractivity contribution in [3.05, 3.63) is 35.9 Å². The zero-order chi connectivity index (χ0) is 10.3. The maximum Gasteiger partial charge on any atom is 0.560 e. The van der Waals surface area contributed by atoms with Crippen molar-refractivity contribution in [3.63, 3.8) is 0 Å². The van der Waals surface area contributed by atoms with Gasteiger partial charge in [0, 0.05) is 0 Å². The van der Waals surface area contributed by atoms with Crippen LogP contribution in [0.4, 0.5) is 13.2 Å². The number of halogens is 5. The molecule has 0 bridgehead atoms. The molecule has 0 aromatic heterocycles. The second-order valence-corrected chi connectivity index (χ2v) is 9.97. The van der Waals surface area contributed by atoms with Gasteiger partial charge in [0.2, 0.25) is 0 Å². The normalized spacial score (nSPS) is 9.62. The molecule has 0 atom stereocenters. The van der Waals surface area contributed by atoms with E-state index in [1.54, 1.807) is 0 Å². The van der Waals surface area contributed by atoms with Crippen molar-refractivity contribution in [2.45, 2.75) is 6.18 Å². The Labute approximate surface area is 96.4 Å². The maximum atomic E-state index is 11.8. The van der Waals surface area contributed by atoms with Crippen LogP contribution in [0.25, 0.3) is 0 Å². The van der Waals surface area contributed by atoms with Crippen LogP contribution < -0.4 is 0 Å². The highest BCUT2D eigenvalue weighted by atomic mass is 79.9. The summed E-state index contributed by atoms with van der Waals surface area (Å²) >= 11 is 6.44. The molecular weight excluding hydrogens is 325 g/mol. The molecule has 1 radical (unpaired) electrons. The van der Waals surface area contributed by atoms with Gasteiger partial charge in [0.05, 0.1) is 5.56 Å². The van der Waals surface area contributed by atoms with Crippen LogP contribution in [0.1, 0.15) is 5.56 Å². The Hall–Kier alpha value is 0.736. The molecule has 1 aromatic carbocycles. The molecule has 1 aromatic rings. The van der Waals surface area contributed by atoms with Crippen LogP contribution in [0.5, 0.6) is 0 Å². The summed E-state index contributed by atoms with van der Waals surface area (Å²) in [5.74, 6) is 0. The largest absolute Gasteiger partial charge is 0.560 e. The van der Waals surface area contributed by atoms with Crippen LogP contribution >= 0.6 is 25.8 Å². The lowest BCUT2D eigenvalue weighted by Crippen LogP contribution is -2.03. The maximum absolute atomic E-state index is 11.8. The second kappa shape index (κ2) is 7.08. The predicted octanol–water partition coefficient (Wildman–Crippen LogP) is 3.82. The van der Waals surface area contributed by atoms with E-state index in [1.165, 1.54) is 12.1 Å². The van der Waals surface area contributed by atoms with E-state index in [0.29, 0.717) is 0 Å². The third kappa shape index (κ3) is 6.76. The first-order valence-electron chi connectivity index (χ1n) is 3.17. The second-order valence-electron chi connectivity index (χ2n) is 1.89. The van der Waals surface area contributed by atoms with Crippen LogP contribution in [0, 0.1) is 6.07 Å². The number of hydrogen-bond donors (Lipinski definition) is 0. The molecule has 0 aliphatic rings. The lowest BCUT2D eigenvalue weighted by Gasteiger charge is -2.03. The summed E-state index contributed by atoms with van der Waals surface area (Å²) in [5, 5.41) is 0. The summed E-state index contributed by atoms with van der Waals surface area (Å²) in [4.78, 5) is 0. The van der Waals surface area contributed by atoms with E-state index in [-0.39, 0.29) is 16.0 Å². The highest BCUT2D eigenvalue weighted by molar-refractivity contribution is 9.47. The fourth-order valence-electron chi connectivity index (χ4n) is 0.570. The van der Waals surface area contributed by atoms with Crippen molar-refractivity contribution in [3.8, 4) is 0 Å². The molecule has 13 heavy (non-hydrogen) atoms. The van der Waals surface area contributed by atoms with Crippen LogP contribution in [0.3, 0.4) is 0 Å². The van der Waals surface area contributed by atoms with Crippen molar-refractivity contribution in [1.82, 2.24) is 0 Å². The Morgan fingerprint density at radius 3 is 2.08 bits per heavy atom. The highest BCUT2D eigenvalue weighted by Crippen LogP contribution is 2.28. The highest BCUT2D eigenvalue weighted by Gasteiger charge is 2.29. The quantitative estimate of drug-likeness (QED) is 0.635. The van der Waals surface area contributed by atoms with E-state index < -0.39 is 11.7 Å². The minimum Gasteiger partial charge on any atom is -0.280 e. The average molecular weight is 329 g/mol. The van der Waals surface area contributed by atoms with Gasteiger partial charge >= 0.3 is 22.2 Å². The summed E-state index contributed by atoms with van der Waals surface area (Å²) in [6.45, 7) is 0. The van der Waals surface area contributed by atoms with Gasteiger partial charge in [0.15, 0.2) is 0 Å². The first-order valence-corrected chi connectivity index (χ1v) is 11.0. The minimum absolute atomic E-state index is 0.0417. The summed E-state index contributed by atoms with van der Waals surface area (Å²) in [6, 6.07) is 7.01. The summed E-state index contributed by atoms with van der Waals surface area (Å²) in [7, 11) is 0. The van der Waals surface area contributed by atoms with Gasteiger partial charge in [-0.05, 0) is 18.2 Å². The monoisotopic (exact) mass is 327 g/mol. The summed E-state index contributed by atoms with van der Waals surface area (Å²) in [6.07, 6.45) is -4.24.